The van der Waals surface area contributed by atoms with Crippen molar-refractivity contribution in [2.45, 2.75) is 64.8 Å². The van der Waals surface area contributed by atoms with E-state index in [9.17, 15) is 4.79 Å². The van der Waals surface area contributed by atoms with Crippen LogP contribution in [0.2, 0.25) is 0 Å². The molecule has 3 saturated heterocycles. The predicted octanol–water partition coefficient (Wildman–Crippen LogP) is 4.41. The van der Waals surface area contributed by atoms with Gasteiger partial charge in [-0.15, -0.1) is 0 Å². The fourth-order valence-corrected chi connectivity index (χ4v) is 5.87. The SMILES string of the molecule is CC1CC(C)CN(CCCOc2ccc(N3C(=O)CCC3CN3CCCCC3)cc2)C1. The highest BCUT2D eigenvalue weighted by molar-refractivity contribution is 5.96. The molecular formula is C26H41N3O2. The molecule has 0 aliphatic carbocycles. The number of nitrogens with zero attached hydrogens (tertiary/aromatic N) is 3. The van der Waals surface area contributed by atoms with Crippen LogP contribution < -0.4 is 9.64 Å². The number of carbonyl (C=O) groups is 1. The Labute approximate surface area is 188 Å². The molecule has 3 fully saturated rings. The molecule has 1 aromatic carbocycles. The summed E-state index contributed by atoms with van der Waals surface area (Å²) in [5.74, 6) is 2.79. The molecule has 1 amide bonds. The number of hydrogen-bond donors (Lipinski definition) is 0. The van der Waals surface area contributed by atoms with Crippen LogP contribution in [0.4, 0.5) is 5.69 Å². The second-order valence-electron chi connectivity index (χ2n) is 10.2. The van der Waals surface area contributed by atoms with Gasteiger partial charge in [-0.2, -0.15) is 0 Å². The van der Waals surface area contributed by atoms with Gasteiger partial charge in [0.2, 0.25) is 5.91 Å². The van der Waals surface area contributed by atoms with Crippen LogP contribution in [0.15, 0.2) is 24.3 Å². The van der Waals surface area contributed by atoms with Crippen LogP contribution in [0.25, 0.3) is 0 Å². The van der Waals surface area contributed by atoms with Crippen LogP contribution >= 0.6 is 0 Å². The summed E-state index contributed by atoms with van der Waals surface area (Å²) in [6, 6.07) is 8.51. The Morgan fingerprint density at radius 3 is 2.39 bits per heavy atom. The summed E-state index contributed by atoms with van der Waals surface area (Å²) >= 11 is 0. The Kier molecular flexibility index (Phi) is 7.89. The molecule has 0 radical (unpaired) electrons. The molecule has 3 unspecified atom stereocenters. The topological polar surface area (TPSA) is 36.0 Å². The van der Waals surface area contributed by atoms with Gasteiger partial charge in [0, 0.05) is 38.3 Å². The number of rotatable bonds is 8. The maximum atomic E-state index is 12.6. The van der Waals surface area contributed by atoms with Gasteiger partial charge in [-0.3, -0.25) is 4.79 Å². The number of carbonyl (C=O) groups excluding carboxylic acids is 1. The highest BCUT2D eigenvalue weighted by Gasteiger charge is 2.33. The third kappa shape index (κ3) is 6.23. The molecule has 5 nitrogen and oxygen atoms in total. The monoisotopic (exact) mass is 427 g/mol. The molecule has 3 aliphatic heterocycles. The molecule has 0 saturated carbocycles. The fraction of sp³-hybridized carbons (Fsp3) is 0.731. The van der Waals surface area contributed by atoms with Crippen molar-refractivity contribution in [2.24, 2.45) is 11.8 Å². The van der Waals surface area contributed by atoms with E-state index in [0.717, 1.165) is 55.8 Å². The van der Waals surface area contributed by atoms with E-state index in [2.05, 4.69) is 35.8 Å². The number of piperidine rings is 2. The van der Waals surface area contributed by atoms with Gasteiger partial charge in [-0.05, 0) is 81.3 Å². The molecule has 3 heterocycles. The Hall–Kier alpha value is -1.59. The maximum Gasteiger partial charge on any atom is 0.227 e. The van der Waals surface area contributed by atoms with Gasteiger partial charge in [0.05, 0.1) is 12.6 Å². The first-order chi connectivity index (χ1) is 15.1. The summed E-state index contributed by atoms with van der Waals surface area (Å²) in [4.78, 5) is 19.8. The lowest BCUT2D eigenvalue weighted by atomic mass is 9.92. The lowest BCUT2D eigenvalue weighted by Gasteiger charge is -2.34. The van der Waals surface area contributed by atoms with Crippen molar-refractivity contribution in [2.75, 3.05) is 50.8 Å². The molecular weight excluding hydrogens is 386 g/mol. The van der Waals surface area contributed by atoms with Gasteiger partial charge in [-0.25, -0.2) is 0 Å². The first-order valence-corrected chi connectivity index (χ1v) is 12.6. The van der Waals surface area contributed by atoms with Crippen molar-refractivity contribution in [3.05, 3.63) is 24.3 Å². The highest BCUT2D eigenvalue weighted by atomic mass is 16.5. The lowest BCUT2D eigenvalue weighted by Crippen LogP contribution is -2.43. The number of anilines is 1. The van der Waals surface area contributed by atoms with Gasteiger partial charge in [-0.1, -0.05) is 20.3 Å². The van der Waals surface area contributed by atoms with Crippen molar-refractivity contribution < 1.29 is 9.53 Å². The van der Waals surface area contributed by atoms with E-state index >= 15 is 0 Å². The van der Waals surface area contributed by atoms with E-state index in [4.69, 9.17) is 4.74 Å². The van der Waals surface area contributed by atoms with E-state index in [-0.39, 0.29) is 5.91 Å². The van der Waals surface area contributed by atoms with Gasteiger partial charge in [0.15, 0.2) is 0 Å². The molecule has 0 N–H and O–H groups in total. The first kappa shape index (κ1) is 22.6. The lowest BCUT2D eigenvalue weighted by molar-refractivity contribution is -0.117. The Morgan fingerprint density at radius 2 is 1.68 bits per heavy atom. The normalized spacial score (nSPS) is 28.3. The summed E-state index contributed by atoms with van der Waals surface area (Å²) in [7, 11) is 0. The van der Waals surface area contributed by atoms with E-state index in [1.807, 2.05) is 17.0 Å². The van der Waals surface area contributed by atoms with Gasteiger partial charge in [0.25, 0.3) is 0 Å². The first-order valence-electron chi connectivity index (χ1n) is 12.6. The Bertz CT molecular complexity index is 691. The third-order valence-corrected chi connectivity index (χ3v) is 7.19. The number of amides is 1. The standard InChI is InChI=1S/C26H41N3O2/c1-21-17-22(2)19-28(18-21)15-6-16-31-25-10-7-23(8-11-25)29-24(9-12-26(29)30)20-27-13-4-3-5-14-27/h7-8,10-11,21-22,24H,3-6,9,12-20H2,1-2H3. The molecule has 0 bridgehead atoms. The molecule has 4 rings (SSSR count). The number of benzene rings is 1. The van der Waals surface area contributed by atoms with Crippen LogP contribution in [0.5, 0.6) is 5.75 Å². The number of likely N-dealkylation sites (tertiary alicyclic amines) is 2. The number of ether oxygens (including phenoxy) is 1. The molecule has 5 heteroatoms. The Balaban J connectivity index is 1.24. The quantitative estimate of drug-likeness (QED) is 0.576. The molecule has 172 valence electrons. The molecule has 31 heavy (non-hydrogen) atoms. The summed E-state index contributed by atoms with van der Waals surface area (Å²) in [6.07, 6.45) is 8.00. The highest BCUT2D eigenvalue weighted by Crippen LogP contribution is 2.29. The molecule has 1 aromatic rings. The van der Waals surface area contributed by atoms with Gasteiger partial charge < -0.3 is 19.4 Å². The minimum Gasteiger partial charge on any atom is -0.494 e. The minimum atomic E-state index is 0.265. The summed E-state index contributed by atoms with van der Waals surface area (Å²) in [6.45, 7) is 12.4. The fourth-order valence-electron chi connectivity index (χ4n) is 5.87. The summed E-state index contributed by atoms with van der Waals surface area (Å²) in [5, 5.41) is 0. The Morgan fingerprint density at radius 1 is 0.968 bits per heavy atom. The average molecular weight is 428 g/mol. The van der Waals surface area contributed by atoms with Crippen LogP contribution in [0.3, 0.4) is 0 Å². The van der Waals surface area contributed by atoms with Crippen molar-refractivity contribution in [3.8, 4) is 5.75 Å². The van der Waals surface area contributed by atoms with Crippen molar-refractivity contribution in [1.82, 2.24) is 9.80 Å². The van der Waals surface area contributed by atoms with Crippen molar-refractivity contribution >= 4 is 11.6 Å². The largest absolute Gasteiger partial charge is 0.494 e. The van der Waals surface area contributed by atoms with E-state index < -0.39 is 0 Å². The van der Waals surface area contributed by atoms with Crippen molar-refractivity contribution in [3.63, 3.8) is 0 Å². The van der Waals surface area contributed by atoms with Crippen LogP contribution in [-0.4, -0.2) is 67.6 Å². The van der Waals surface area contributed by atoms with Gasteiger partial charge >= 0.3 is 0 Å². The van der Waals surface area contributed by atoms with Crippen LogP contribution in [0, 0.1) is 11.8 Å². The molecule has 3 atom stereocenters. The van der Waals surface area contributed by atoms with Crippen molar-refractivity contribution in [1.29, 1.82) is 0 Å². The van der Waals surface area contributed by atoms with Crippen LogP contribution in [0.1, 0.15) is 58.8 Å². The van der Waals surface area contributed by atoms with Gasteiger partial charge in [0.1, 0.15) is 5.75 Å². The molecule has 3 aliphatic rings. The average Bonchev–Trinajstić information content (AvgIpc) is 3.12. The zero-order chi connectivity index (χ0) is 21.6. The van der Waals surface area contributed by atoms with E-state index in [0.29, 0.717) is 12.5 Å². The zero-order valence-electron chi connectivity index (χ0n) is 19.6. The second-order valence-corrected chi connectivity index (χ2v) is 10.2. The smallest absolute Gasteiger partial charge is 0.227 e. The van der Waals surface area contributed by atoms with E-state index in [1.54, 1.807) is 0 Å². The summed E-state index contributed by atoms with van der Waals surface area (Å²) < 4.78 is 6.01. The number of hydrogen-bond acceptors (Lipinski definition) is 4. The molecule has 0 aromatic heterocycles. The maximum absolute atomic E-state index is 12.6. The summed E-state index contributed by atoms with van der Waals surface area (Å²) in [5.41, 5.74) is 1.02. The predicted molar refractivity (Wildman–Crippen MR) is 127 cm³/mol. The minimum absolute atomic E-state index is 0.265. The van der Waals surface area contributed by atoms with E-state index in [1.165, 1.54) is 51.9 Å². The second kappa shape index (κ2) is 10.8. The zero-order valence-corrected chi connectivity index (χ0v) is 19.6. The third-order valence-electron chi connectivity index (χ3n) is 7.19. The molecule has 0 spiro atoms. The van der Waals surface area contributed by atoms with Crippen LogP contribution in [-0.2, 0) is 4.79 Å².